The van der Waals surface area contributed by atoms with Gasteiger partial charge in [-0.2, -0.15) is 0 Å². The van der Waals surface area contributed by atoms with Gasteiger partial charge in [-0.3, -0.25) is 4.79 Å². The van der Waals surface area contributed by atoms with Gasteiger partial charge in [-0.25, -0.2) is 0 Å². The maximum absolute atomic E-state index is 10.8. The maximum atomic E-state index is 10.8. The minimum Gasteiger partial charge on any atom is -0.469 e. The van der Waals surface area contributed by atoms with Crippen molar-refractivity contribution < 1.29 is 9.53 Å². The van der Waals surface area contributed by atoms with Gasteiger partial charge in [-0.05, 0) is 25.3 Å². The second-order valence-corrected chi connectivity index (χ2v) is 3.45. The summed E-state index contributed by atoms with van der Waals surface area (Å²) in [5.74, 6) is 2.36. The van der Waals surface area contributed by atoms with Gasteiger partial charge in [0, 0.05) is 6.42 Å². The summed E-state index contributed by atoms with van der Waals surface area (Å²) in [5, 5.41) is 0. The van der Waals surface area contributed by atoms with Crippen LogP contribution in [0, 0.1) is 12.3 Å². The zero-order chi connectivity index (χ0) is 11.4. The Bertz CT molecular complexity index is 223. The van der Waals surface area contributed by atoms with Crippen LogP contribution in [0.2, 0.25) is 0 Å². The quantitative estimate of drug-likeness (QED) is 0.348. The lowest BCUT2D eigenvalue weighted by atomic mass is 10.1. The molecule has 0 saturated heterocycles. The Hall–Kier alpha value is -1.23. The van der Waals surface area contributed by atoms with Crippen molar-refractivity contribution in [3.63, 3.8) is 0 Å². The van der Waals surface area contributed by atoms with E-state index in [1.54, 1.807) is 6.08 Å². The van der Waals surface area contributed by atoms with Gasteiger partial charge in [0.05, 0.1) is 7.11 Å². The normalized spacial score (nSPS) is 10.1. The van der Waals surface area contributed by atoms with Crippen LogP contribution >= 0.6 is 0 Å². The highest BCUT2D eigenvalue weighted by Gasteiger charge is 1.98. The van der Waals surface area contributed by atoms with Crippen LogP contribution < -0.4 is 0 Å². The predicted octanol–water partition coefficient (Wildman–Crippen LogP) is 3.08. The number of rotatable bonds is 8. The number of carbonyl (C=O) groups excluding carboxylic acids is 1. The molecule has 0 atom stereocenters. The largest absolute Gasteiger partial charge is 0.469 e. The van der Waals surface area contributed by atoms with E-state index in [9.17, 15) is 4.79 Å². The topological polar surface area (TPSA) is 26.3 Å². The number of methoxy groups -OCH3 is 1. The Labute approximate surface area is 92.7 Å². The lowest BCUT2D eigenvalue weighted by Gasteiger charge is -1.99. The molecule has 0 aromatic carbocycles. The molecule has 0 aliphatic rings. The number of allylic oxidation sites excluding steroid dienone is 2. The van der Waals surface area contributed by atoms with Crippen molar-refractivity contribution in [1.29, 1.82) is 0 Å². The van der Waals surface area contributed by atoms with E-state index in [1.165, 1.54) is 26.4 Å². The standard InChI is InChI=1S/C13H20O2/c1-3-4-5-6-7-8-9-10-11-12-13(14)15-2/h1,4-5H,6-12H2,2H3/b5-4+. The average molecular weight is 208 g/mol. The number of hydrogen-bond acceptors (Lipinski definition) is 2. The zero-order valence-corrected chi connectivity index (χ0v) is 9.50. The molecule has 0 bridgehead atoms. The molecule has 2 nitrogen and oxygen atoms in total. The van der Waals surface area contributed by atoms with Crippen LogP contribution in [0.5, 0.6) is 0 Å². The van der Waals surface area contributed by atoms with Crippen LogP contribution in [0.15, 0.2) is 12.2 Å². The van der Waals surface area contributed by atoms with Gasteiger partial charge >= 0.3 is 5.97 Å². The summed E-state index contributed by atoms with van der Waals surface area (Å²) in [7, 11) is 1.43. The fourth-order valence-corrected chi connectivity index (χ4v) is 1.32. The fourth-order valence-electron chi connectivity index (χ4n) is 1.32. The van der Waals surface area contributed by atoms with Gasteiger partial charge in [0.15, 0.2) is 0 Å². The molecule has 0 N–H and O–H groups in total. The molecule has 84 valence electrons. The number of esters is 1. The highest BCUT2D eigenvalue weighted by atomic mass is 16.5. The van der Waals surface area contributed by atoms with Gasteiger partial charge in [-0.1, -0.05) is 31.3 Å². The number of hydrogen-bond donors (Lipinski definition) is 0. The summed E-state index contributed by atoms with van der Waals surface area (Å²) in [5.41, 5.74) is 0. The van der Waals surface area contributed by atoms with Crippen molar-refractivity contribution in [3.8, 4) is 12.3 Å². The van der Waals surface area contributed by atoms with Gasteiger partial charge in [0.1, 0.15) is 0 Å². The van der Waals surface area contributed by atoms with Crippen molar-refractivity contribution >= 4 is 5.97 Å². The summed E-state index contributed by atoms with van der Waals surface area (Å²) in [6.45, 7) is 0. The molecule has 2 heteroatoms. The third kappa shape index (κ3) is 10.7. The lowest BCUT2D eigenvalue weighted by molar-refractivity contribution is -0.140. The summed E-state index contributed by atoms with van der Waals surface area (Å²) < 4.78 is 4.56. The van der Waals surface area contributed by atoms with Crippen LogP contribution in [0.4, 0.5) is 0 Å². The van der Waals surface area contributed by atoms with Crippen molar-refractivity contribution in [2.45, 2.75) is 44.9 Å². The van der Waals surface area contributed by atoms with Gasteiger partial charge < -0.3 is 4.74 Å². The molecule has 15 heavy (non-hydrogen) atoms. The minimum absolute atomic E-state index is 0.105. The zero-order valence-electron chi connectivity index (χ0n) is 9.50. The van der Waals surface area contributed by atoms with E-state index < -0.39 is 0 Å². The summed E-state index contributed by atoms with van der Waals surface area (Å²) in [6, 6.07) is 0. The molecule has 0 amide bonds. The molecule has 0 rings (SSSR count). The highest BCUT2D eigenvalue weighted by Crippen LogP contribution is 2.07. The summed E-state index contributed by atoms with van der Waals surface area (Å²) >= 11 is 0. The van der Waals surface area contributed by atoms with Gasteiger partial charge in [0.2, 0.25) is 0 Å². The summed E-state index contributed by atoms with van der Waals surface area (Å²) in [4.78, 5) is 10.8. The monoisotopic (exact) mass is 208 g/mol. The third-order valence-electron chi connectivity index (χ3n) is 2.19. The van der Waals surface area contributed by atoms with E-state index in [2.05, 4.69) is 10.7 Å². The first kappa shape index (κ1) is 13.8. The first-order valence-electron chi connectivity index (χ1n) is 5.49. The van der Waals surface area contributed by atoms with E-state index in [0.717, 1.165) is 19.3 Å². The summed E-state index contributed by atoms with van der Waals surface area (Å²) in [6.07, 6.45) is 16.1. The number of ether oxygens (including phenoxy) is 1. The molecule has 0 aromatic rings. The molecule has 0 heterocycles. The van der Waals surface area contributed by atoms with Crippen LogP contribution in [0.3, 0.4) is 0 Å². The Kier molecular flexibility index (Phi) is 9.96. The van der Waals surface area contributed by atoms with Crippen LogP contribution in [0.1, 0.15) is 44.9 Å². The second-order valence-electron chi connectivity index (χ2n) is 3.45. The lowest BCUT2D eigenvalue weighted by Crippen LogP contribution is -1.98. The minimum atomic E-state index is -0.105. The van der Waals surface area contributed by atoms with Crippen LogP contribution in [-0.4, -0.2) is 13.1 Å². The van der Waals surface area contributed by atoms with E-state index in [4.69, 9.17) is 6.42 Å². The molecule has 0 radical (unpaired) electrons. The Morgan fingerprint density at radius 2 is 1.93 bits per heavy atom. The van der Waals surface area contributed by atoms with Crippen molar-refractivity contribution in [1.82, 2.24) is 0 Å². The third-order valence-corrected chi connectivity index (χ3v) is 2.19. The number of unbranched alkanes of at least 4 members (excludes halogenated alkanes) is 5. The second kappa shape index (κ2) is 10.8. The molecule has 0 aromatic heterocycles. The van der Waals surface area contributed by atoms with Crippen LogP contribution in [-0.2, 0) is 9.53 Å². The molecule has 0 saturated carbocycles. The van der Waals surface area contributed by atoms with Crippen LogP contribution in [0.25, 0.3) is 0 Å². The Balaban J connectivity index is 3.09. The molecule has 0 unspecified atom stereocenters. The van der Waals surface area contributed by atoms with E-state index in [0.29, 0.717) is 6.42 Å². The smallest absolute Gasteiger partial charge is 0.305 e. The molecule has 0 aliphatic heterocycles. The molecular weight excluding hydrogens is 188 g/mol. The van der Waals surface area contributed by atoms with Gasteiger partial charge in [0.25, 0.3) is 0 Å². The van der Waals surface area contributed by atoms with E-state index >= 15 is 0 Å². The molecule has 0 aliphatic carbocycles. The molecular formula is C13H20O2. The maximum Gasteiger partial charge on any atom is 0.305 e. The fraction of sp³-hybridized carbons (Fsp3) is 0.615. The van der Waals surface area contributed by atoms with Gasteiger partial charge in [-0.15, -0.1) is 6.42 Å². The highest BCUT2D eigenvalue weighted by molar-refractivity contribution is 5.68. The molecule has 0 fully saturated rings. The SMILES string of the molecule is C#C/C=C/CCCCCCCC(=O)OC. The first-order valence-corrected chi connectivity index (χ1v) is 5.49. The first-order chi connectivity index (χ1) is 7.31. The molecule has 0 spiro atoms. The number of carbonyl (C=O) groups is 1. The Morgan fingerprint density at radius 1 is 1.27 bits per heavy atom. The van der Waals surface area contributed by atoms with Crippen molar-refractivity contribution in [2.24, 2.45) is 0 Å². The van der Waals surface area contributed by atoms with Crippen molar-refractivity contribution in [3.05, 3.63) is 12.2 Å². The van der Waals surface area contributed by atoms with E-state index in [1.807, 2.05) is 6.08 Å². The van der Waals surface area contributed by atoms with Crippen molar-refractivity contribution in [2.75, 3.05) is 7.11 Å². The Morgan fingerprint density at radius 3 is 2.60 bits per heavy atom. The average Bonchev–Trinajstić information content (AvgIpc) is 2.26. The predicted molar refractivity (Wildman–Crippen MR) is 62.3 cm³/mol. The number of terminal acetylenes is 1. The van der Waals surface area contributed by atoms with E-state index in [-0.39, 0.29) is 5.97 Å².